The van der Waals surface area contributed by atoms with E-state index in [9.17, 15) is 9.59 Å². The third-order valence-corrected chi connectivity index (χ3v) is 4.17. The second-order valence-electron chi connectivity index (χ2n) is 5.41. The average Bonchev–Trinajstić information content (AvgIpc) is 2.52. The van der Waals surface area contributed by atoms with Crippen molar-refractivity contribution < 1.29 is 9.21 Å². The van der Waals surface area contributed by atoms with Crippen LogP contribution in [0, 0.1) is 6.92 Å². The molecule has 1 aromatic heterocycles. The number of hydrogen-bond acceptors (Lipinski definition) is 4. The summed E-state index contributed by atoms with van der Waals surface area (Å²) in [6.07, 6.45) is 0.580. The quantitative estimate of drug-likeness (QED) is 0.767. The fourth-order valence-electron chi connectivity index (χ4n) is 2.69. The lowest BCUT2D eigenvalue weighted by molar-refractivity contribution is -0.118. The van der Waals surface area contributed by atoms with Gasteiger partial charge in [0.15, 0.2) is 0 Å². The van der Waals surface area contributed by atoms with Crippen molar-refractivity contribution >= 4 is 22.4 Å². The van der Waals surface area contributed by atoms with Gasteiger partial charge in [-0.1, -0.05) is 6.92 Å². The maximum Gasteiger partial charge on any atom is 0.340 e. The minimum atomic E-state index is -0.400. The zero-order valence-corrected chi connectivity index (χ0v) is 13.7. The van der Waals surface area contributed by atoms with Gasteiger partial charge in [-0.15, -0.1) is 0 Å². The summed E-state index contributed by atoms with van der Waals surface area (Å²) in [7, 11) is 0. The number of aryl methyl sites for hydroxylation is 1. The Morgan fingerprint density at radius 3 is 2.45 bits per heavy atom. The predicted molar refractivity (Wildman–Crippen MR) is 89.8 cm³/mol. The van der Waals surface area contributed by atoms with Crippen LogP contribution >= 0.6 is 0 Å². The Balaban J connectivity index is 2.56. The predicted octanol–water partition coefficient (Wildman–Crippen LogP) is 3.47. The summed E-state index contributed by atoms with van der Waals surface area (Å²) in [6.45, 7) is 9.66. The number of benzene rings is 1. The van der Waals surface area contributed by atoms with Crippen LogP contribution in [0.15, 0.2) is 27.4 Å². The van der Waals surface area contributed by atoms with E-state index in [0.717, 1.165) is 29.7 Å². The van der Waals surface area contributed by atoms with Crippen molar-refractivity contribution in [1.82, 2.24) is 0 Å². The molecule has 2 rings (SSSR count). The Labute approximate surface area is 130 Å². The molecular formula is C18H23NO3. The van der Waals surface area contributed by atoms with E-state index in [2.05, 4.69) is 18.7 Å². The van der Waals surface area contributed by atoms with E-state index in [1.54, 1.807) is 6.92 Å². The van der Waals surface area contributed by atoms with Crippen LogP contribution < -0.4 is 10.5 Å². The molecule has 0 aliphatic rings. The SMILES string of the molecule is CCC(=O)Cc1c(C)c2ccc(N(CC)CC)cc2oc1=O. The van der Waals surface area contributed by atoms with Gasteiger partial charge in [-0.05, 0) is 38.5 Å². The maximum absolute atomic E-state index is 12.2. The number of ketones is 1. The minimum absolute atomic E-state index is 0.0505. The van der Waals surface area contributed by atoms with E-state index >= 15 is 0 Å². The number of nitrogens with zero attached hydrogens (tertiary/aromatic N) is 1. The zero-order valence-electron chi connectivity index (χ0n) is 13.7. The van der Waals surface area contributed by atoms with Gasteiger partial charge >= 0.3 is 5.63 Å². The van der Waals surface area contributed by atoms with Gasteiger partial charge in [-0.3, -0.25) is 4.79 Å². The molecule has 0 aliphatic carbocycles. The largest absolute Gasteiger partial charge is 0.422 e. The highest BCUT2D eigenvalue weighted by Crippen LogP contribution is 2.25. The van der Waals surface area contributed by atoms with E-state index in [4.69, 9.17) is 4.42 Å². The molecule has 118 valence electrons. The fraction of sp³-hybridized carbons (Fsp3) is 0.444. The summed E-state index contributed by atoms with van der Waals surface area (Å²) in [4.78, 5) is 26.0. The molecule has 4 heteroatoms. The van der Waals surface area contributed by atoms with Gasteiger partial charge in [0.2, 0.25) is 0 Å². The highest BCUT2D eigenvalue weighted by Gasteiger charge is 2.15. The van der Waals surface area contributed by atoms with Crippen LogP contribution in [-0.4, -0.2) is 18.9 Å². The first-order chi connectivity index (χ1) is 10.5. The summed E-state index contributed by atoms with van der Waals surface area (Å²) in [5.41, 5.74) is 2.55. The average molecular weight is 301 g/mol. The first kappa shape index (κ1) is 16.3. The minimum Gasteiger partial charge on any atom is -0.422 e. The molecule has 1 heterocycles. The Hall–Kier alpha value is -2.10. The van der Waals surface area contributed by atoms with Gasteiger partial charge in [0.05, 0.1) is 0 Å². The summed E-state index contributed by atoms with van der Waals surface area (Å²) >= 11 is 0. The van der Waals surface area contributed by atoms with E-state index in [-0.39, 0.29) is 12.2 Å². The summed E-state index contributed by atoms with van der Waals surface area (Å²) in [5.74, 6) is 0.0505. The summed E-state index contributed by atoms with van der Waals surface area (Å²) in [6, 6.07) is 5.91. The number of carbonyl (C=O) groups is 1. The van der Waals surface area contributed by atoms with Crippen molar-refractivity contribution in [3.63, 3.8) is 0 Å². The van der Waals surface area contributed by atoms with Crippen molar-refractivity contribution in [2.75, 3.05) is 18.0 Å². The molecule has 0 saturated carbocycles. The summed E-state index contributed by atoms with van der Waals surface area (Å²) < 4.78 is 5.46. The number of hydrogen-bond donors (Lipinski definition) is 0. The van der Waals surface area contributed by atoms with Crippen LogP contribution in [-0.2, 0) is 11.2 Å². The molecule has 0 fully saturated rings. The van der Waals surface area contributed by atoms with E-state index in [1.165, 1.54) is 0 Å². The lowest BCUT2D eigenvalue weighted by Crippen LogP contribution is -2.21. The topological polar surface area (TPSA) is 50.5 Å². The monoisotopic (exact) mass is 301 g/mol. The van der Waals surface area contributed by atoms with Crippen molar-refractivity contribution in [3.8, 4) is 0 Å². The second-order valence-corrected chi connectivity index (χ2v) is 5.41. The molecule has 2 aromatic rings. The second kappa shape index (κ2) is 6.77. The van der Waals surface area contributed by atoms with Gasteiger partial charge in [0, 0.05) is 48.6 Å². The number of carbonyl (C=O) groups excluding carboxylic acids is 1. The van der Waals surface area contributed by atoms with Gasteiger partial charge in [0.1, 0.15) is 11.4 Å². The maximum atomic E-state index is 12.2. The van der Waals surface area contributed by atoms with E-state index in [1.807, 2.05) is 25.1 Å². The van der Waals surface area contributed by atoms with Gasteiger partial charge in [-0.25, -0.2) is 4.79 Å². The van der Waals surface area contributed by atoms with Crippen LogP contribution in [0.25, 0.3) is 11.0 Å². The third-order valence-electron chi connectivity index (χ3n) is 4.17. The Morgan fingerprint density at radius 1 is 1.18 bits per heavy atom. The lowest BCUT2D eigenvalue weighted by Gasteiger charge is -2.21. The number of fused-ring (bicyclic) bond motifs is 1. The molecule has 0 spiro atoms. The lowest BCUT2D eigenvalue weighted by atomic mass is 10.0. The fourth-order valence-corrected chi connectivity index (χ4v) is 2.69. The van der Waals surface area contributed by atoms with E-state index < -0.39 is 5.63 Å². The van der Waals surface area contributed by atoms with Crippen molar-refractivity contribution in [2.24, 2.45) is 0 Å². The molecule has 0 amide bonds. The Bertz CT molecular complexity index is 742. The first-order valence-corrected chi connectivity index (χ1v) is 7.84. The Morgan fingerprint density at radius 2 is 1.86 bits per heavy atom. The van der Waals surface area contributed by atoms with Crippen LogP contribution in [0.3, 0.4) is 0 Å². The number of rotatable bonds is 6. The van der Waals surface area contributed by atoms with Crippen LogP contribution in [0.5, 0.6) is 0 Å². The van der Waals surface area contributed by atoms with Crippen LogP contribution in [0.2, 0.25) is 0 Å². The standard InChI is InChI=1S/C18H23NO3/c1-5-14(20)11-16-12(4)15-9-8-13(19(6-2)7-3)10-17(15)22-18(16)21/h8-10H,5-7,11H2,1-4H3. The van der Waals surface area contributed by atoms with Crippen LogP contribution in [0.1, 0.15) is 38.3 Å². The molecule has 0 bridgehead atoms. The molecule has 0 saturated heterocycles. The number of Topliss-reactive ketones (excluding diaryl/α,β-unsaturated/α-hetero) is 1. The third kappa shape index (κ3) is 3.06. The highest BCUT2D eigenvalue weighted by molar-refractivity contribution is 5.87. The first-order valence-electron chi connectivity index (χ1n) is 7.84. The molecule has 0 aliphatic heterocycles. The van der Waals surface area contributed by atoms with E-state index in [0.29, 0.717) is 17.6 Å². The molecular weight excluding hydrogens is 278 g/mol. The smallest absolute Gasteiger partial charge is 0.340 e. The molecule has 0 N–H and O–H groups in total. The van der Waals surface area contributed by atoms with Crippen molar-refractivity contribution in [2.45, 2.75) is 40.5 Å². The molecule has 0 unspecified atom stereocenters. The molecule has 1 aromatic carbocycles. The zero-order chi connectivity index (χ0) is 16.3. The molecule has 0 atom stereocenters. The normalized spacial score (nSPS) is 10.9. The van der Waals surface area contributed by atoms with Crippen molar-refractivity contribution in [3.05, 3.63) is 39.7 Å². The van der Waals surface area contributed by atoms with Gasteiger partial charge in [-0.2, -0.15) is 0 Å². The Kier molecular flexibility index (Phi) is 5.01. The molecule has 22 heavy (non-hydrogen) atoms. The highest BCUT2D eigenvalue weighted by atomic mass is 16.4. The number of anilines is 1. The van der Waals surface area contributed by atoms with Crippen LogP contribution in [0.4, 0.5) is 5.69 Å². The van der Waals surface area contributed by atoms with Crippen molar-refractivity contribution in [1.29, 1.82) is 0 Å². The van der Waals surface area contributed by atoms with Gasteiger partial charge in [0.25, 0.3) is 0 Å². The van der Waals surface area contributed by atoms with Gasteiger partial charge < -0.3 is 9.32 Å². The molecule has 4 nitrogen and oxygen atoms in total. The summed E-state index contributed by atoms with van der Waals surface area (Å²) in [5, 5.41) is 0.898. The molecule has 0 radical (unpaired) electrons.